The Morgan fingerprint density at radius 1 is 0.941 bits per heavy atom. The SMILES string of the molecule is N#C[C@@H]1CC12c1ccccc1-c1ccccc12. The number of nitriles is 1. The molecule has 1 heteroatoms. The van der Waals surface area contributed by atoms with Crippen LogP contribution in [0, 0.1) is 17.2 Å². The standard InChI is InChI=1S/C16H11N/c17-10-11-9-16(11)14-7-3-1-5-12(14)13-6-2-4-8-15(13)16/h1-8,11H,9H2/t11-/m0/s1. The van der Waals surface area contributed by atoms with Crippen LogP contribution >= 0.6 is 0 Å². The molecular formula is C16H11N. The Balaban J connectivity index is 2.09. The fourth-order valence-electron chi connectivity index (χ4n) is 3.37. The minimum absolute atomic E-state index is 0.0158. The molecule has 1 nitrogen and oxygen atoms in total. The molecule has 2 aromatic rings. The summed E-state index contributed by atoms with van der Waals surface area (Å²) < 4.78 is 0. The lowest BCUT2D eigenvalue weighted by Gasteiger charge is -2.10. The van der Waals surface area contributed by atoms with Gasteiger partial charge in [-0.2, -0.15) is 5.26 Å². The number of fused-ring (bicyclic) bond motifs is 5. The predicted octanol–water partition coefficient (Wildman–Crippen LogP) is 3.50. The van der Waals surface area contributed by atoms with Gasteiger partial charge in [-0.1, -0.05) is 48.5 Å². The van der Waals surface area contributed by atoms with E-state index in [4.69, 9.17) is 0 Å². The maximum absolute atomic E-state index is 9.23. The van der Waals surface area contributed by atoms with Crippen molar-refractivity contribution in [3.05, 3.63) is 59.7 Å². The van der Waals surface area contributed by atoms with Crippen LogP contribution in [0.5, 0.6) is 0 Å². The molecule has 0 bridgehead atoms. The first-order valence-electron chi connectivity index (χ1n) is 5.97. The molecule has 2 aliphatic rings. The third kappa shape index (κ3) is 0.900. The molecule has 1 atom stereocenters. The summed E-state index contributed by atoms with van der Waals surface area (Å²) in [5.74, 6) is 0.160. The number of benzene rings is 2. The van der Waals surface area contributed by atoms with E-state index in [-0.39, 0.29) is 11.3 Å². The first kappa shape index (κ1) is 9.01. The smallest absolute Gasteiger partial charge is 0.0669 e. The predicted molar refractivity (Wildman–Crippen MR) is 66.4 cm³/mol. The highest BCUT2D eigenvalue weighted by Crippen LogP contribution is 2.65. The highest BCUT2D eigenvalue weighted by atomic mass is 14.6. The van der Waals surface area contributed by atoms with E-state index in [0.29, 0.717) is 0 Å². The molecule has 0 heterocycles. The zero-order valence-corrected chi connectivity index (χ0v) is 9.35. The normalized spacial score (nSPS) is 21.7. The van der Waals surface area contributed by atoms with Gasteiger partial charge in [0.1, 0.15) is 0 Å². The van der Waals surface area contributed by atoms with Crippen molar-refractivity contribution in [2.24, 2.45) is 5.92 Å². The number of hydrogen-bond donors (Lipinski definition) is 0. The molecule has 80 valence electrons. The maximum Gasteiger partial charge on any atom is 0.0669 e. The van der Waals surface area contributed by atoms with E-state index in [1.54, 1.807) is 0 Å². The Bertz CT molecular complexity index is 618. The summed E-state index contributed by atoms with van der Waals surface area (Å²) in [7, 11) is 0. The molecule has 4 rings (SSSR count). The van der Waals surface area contributed by atoms with Crippen molar-refractivity contribution >= 4 is 0 Å². The van der Waals surface area contributed by atoms with E-state index in [2.05, 4.69) is 54.6 Å². The fraction of sp³-hybridized carbons (Fsp3) is 0.188. The van der Waals surface area contributed by atoms with Gasteiger partial charge in [-0.05, 0) is 28.7 Å². The molecule has 0 saturated heterocycles. The Labute approximate surface area is 100 Å². The van der Waals surface area contributed by atoms with Gasteiger partial charge in [-0.15, -0.1) is 0 Å². The second kappa shape index (κ2) is 2.78. The highest BCUT2D eigenvalue weighted by Gasteiger charge is 2.61. The Morgan fingerprint density at radius 3 is 1.94 bits per heavy atom. The van der Waals surface area contributed by atoms with Gasteiger partial charge in [-0.25, -0.2) is 0 Å². The topological polar surface area (TPSA) is 23.8 Å². The molecular weight excluding hydrogens is 206 g/mol. The average molecular weight is 217 g/mol. The van der Waals surface area contributed by atoms with Crippen molar-refractivity contribution in [3.8, 4) is 17.2 Å². The molecule has 0 unspecified atom stereocenters. The van der Waals surface area contributed by atoms with E-state index < -0.39 is 0 Å². The van der Waals surface area contributed by atoms with Crippen molar-refractivity contribution in [2.45, 2.75) is 11.8 Å². The summed E-state index contributed by atoms with van der Waals surface area (Å²) in [6.07, 6.45) is 0.984. The van der Waals surface area contributed by atoms with E-state index in [1.807, 2.05) is 0 Å². The van der Waals surface area contributed by atoms with Crippen molar-refractivity contribution in [2.75, 3.05) is 0 Å². The molecule has 0 amide bonds. The Kier molecular flexibility index (Phi) is 1.48. The van der Waals surface area contributed by atoms with E-state index in [9.17, 15) is 5.26 Å². The van der Waals surface area contributed by atoms with Crippen LogP contribution in [-0.2, 0) is 5.41 Å². The summed E-state index contributed by atoms with van der Waals surface area (Å²) in [6.45, 7) is 0. The van der Waals surface area contributed by atoms with Gasteiger partial charge in [0.05, 0.1) is 12.0 Å². The molecule has 2 aliphatic carbocycles. The summed E-state index contributed by atoms with van der Waals surface area (Å²) in [5, 5.41) is 9.23. The monoisotopic (exact) mass is 217 g/mol. The molecule has 1 saturated carbocycles. The second-order valence-corrected chi connectivity index (χ2v) is 4.95. The average Bonchev–Trinajstić information content (AvgIpc) is 3.07. The van der Waals surface area contributed by atoms with Crippen LogP contribution in [0.4, 0.5) is 0 Å². The van der Waals surface area contributed by atoms with Gasteiger partial charge in [0, 0.05) is 5.41 Å². The molecule has 0 N–H and O–H groups in total. The van der Waals surface area contributed by atoms with Crippen LogP contribution in [0.2, 0.25) is 0 Å². The molecule has 1 spiro atoms. The van der Waals surface area contributed by atoms with Gasteiger partial charge in [0.15, 0.2) is 0 Å². The third-order valence-corrected chi connectivity index (χ3v) is 4.22. The number of rotatable bonds is 0. The van der Waals surface area contributed by atoms with Crippen LogP contribution < -0.4 is 0 Å². The van der Waals surface area contributed by atoms with Gasteiger partial charge in [0.2, 0.25) is 0 Å². The molecule has 1 fully saturated rings. The van der Waals surface area contributed by atoms with Crippen molar-refractivity contribution in [1.82, 2.24) is 0 Å². The molecule has 0 radical (unpaired) electrons. The minimum Gasteiger partial charge on any atom is -0.198 e. The first-order valence-corrected chi connectivity index (χ1v) is 5.97. The van der Waals surface area contributed by atoms with Crippen LogP contribution in [0.25, 0.3) is 11.1 Å². The summed E-state index contributed by atoms with van der Waals surface area (Å²) >= 11 is 0. The zero-order chi connectivity index (χ0) is 11.5. The highest BCUT2D eigenvalue weighted by molar-refractivity contribution is 5.83. The number of hydrogen-bond acceptors (Lipinski definition) is 1. The van der Waals surface area contributed by atoms with Crippen molar-refractivity contribution in [1.29, 1.82) is 5.26 Å². The molecule has 17 heavy (non-hydrogen) atoms. The fourth-order valence-corrected chi connectivity index (χ4v) is 3.37. The first-order chi connectivity index (χ1) is 8.38. The van der Waals surface area contributed by atoms with E-state index in [1.165, 1.54) is 22.3 Å². The zero-order valence-electron chi connectivity index (χ0n) is 9.35. The quantitative estimate of drug-likeness (QED) is 0.662. The Hall–Kier alpha value is -2.07. The van der Waals surface area contributed by atoms with Crippen LogP contribution in [-0.4, -0.2) is 0 Å². The minimum atomic E-state index is 0.0158. The van der Waals surface area contributed by atoms with Gasteiger partial charge >= 0.3 is 0 Å². The van der Waals surface area contributed by atoms with E-state index >= 15 is 0 Å². The largest absolute Gasteiger partial charge is 0.198 e. The molecule has 2 aromatic carbocycles. The Morgan fingerprint density at radius 2 is 1.47 bits per heavy atom. The number of nitrogens with zero attached hydrogens (tertiary/aromatic N) is 1. The maximum atomic E-state index is 9.23. The lowest BCUT2D eigenvalue weighted by atomic mass is 9.91. The van der Waals surface area contributed by atoms with Crippen LogP contribution in [0.3, 0.4) is 0 Å². The van der Waals surface area contributed by atoms with Crippen LogP contribution in [0.15, 0.2) is 48.5 Å². The summed E-state index contributed by atoms with van der Waals surface area (Å²) in [6, 6.07) is 19.5. The second-order valence-electron chi connectivity index (χ2n) is 4.95. The van der Waals surface area contributed by atoms with Crippen molar-refractivity contribution in [3.63, 3.8) is 0 Å². The third-order valence-electron chi connectivity index (χ3n) is 4.22. The lowest BCUT2D eigenvalue weighted by molar-refractivity contribution is 0.822. The van der Waals surface area contributed by atoms with Gasteiger partial charge in [0.25, 0.3) is 0 Å². The van der Waals surface area contributed by atoms with Gasteiger partial charge < -0.3 is 0 Å². The lowest BCUT2D eigenvalue weighted by Crippen LogP contribution is -2.07. The summed E-state index contributed by atoms with van der Waals surface area (Å²) in [4.78, 5) is 0. The molecule has 0 aliphatic heterocycles. The molecule has 0 aromatic heterocycles. The summed E-state index contributed by atoms with van der Waals surface area (Å²) in [5.41, 5.74) is 5.37. The van der Waals surface area contributed by atoms with Crippen LogP contribution in [0.1, 0.15) is 17.5 Å². The van der Waals surface area contributed by atoms with Gasteiger partial charge in [-0.3, -0.25) is 0 Å². The van der Waals surface area contributed by atoms with E-state index in [0.717, 1.165) is 6.42 Å². The van der Waals surface area contributed by atoms with Crippen molar-refractivity contribution < 1.29 is 0 Å².